The van der Waals surface area contributed by atoms with E-state index in [9.17, 15) is 10.2 Å². The van der Waals surface area contributed by atoms with Crippen LogP contribution in [0.3, 0.4) is 0 Å². The Morgan fingerprint density at radius 2 is 1.81 bits per heavy atom. The van der Waals surface area contributed by atoms with Crippen molar-refractivity contribution in [1.82, 2.24) is 4.57 Å². The molecule has 0 saturated carbocycles. The van der Waals surface area contributed by atoms with E-state index in [0.717, 1.165) is 11.3 Å². The fourth-order valence-electron chi connectivity index (χ4n) is 1.58. The third-order valence-electron chi connectivity index (χ3n) is 2.47. The molecule has 0 unspecified atom stereocenters. The van der Waals surface area contributed by atoms with E-state index in [1.807, 2.05) is 31.2 Å². The molecule has 0 atom stereocenters. The summed E-state index contributed by atoms with van der Waals surface area (Å²) in [5, 5.41) is 20.2. The summed E-state index contributed by atoms with van der Waals surface area (Å²) in [6.45, 7) is 1.99. The molecule has 1 heterocycles. The predicted octanol–water partition coefficient (Wildman–Crippen LogP) is 3.09. The van der Waals surface area contributed by atoms with Gasteiger partial charge in [0.1, 0.15) is 0 Å². The predicted molar refractivity (Wildman–Crippen MR) is 66.5 cm³/mol. The highest BCUT2D eigenvalue weighted by molar-refractivity contribution is 9.08. The summed E-state index contributed by atoms with van der Waals surface area (Å²) in [4.78, 5) is 0. The molecule has 0 bridgehead atoms. The van der Waals surface area contributed by atoms with E-state index in [4.69, 9.17) is 0 Å². The number of hydrogen-bond donors (Lipinski definition) is 2. The average Bonchev–Trinajstić information content (AvgIpc) is 2.56. The quantitative estimate of drug-likeness (QED) is 0.831. The Kier molecular flexibility index (Phi) is 2.92. The molecule has 2 N–H and O–H groups in total. The molecule has 0 aliphatic carbocycles. The van der Waals surface area contributed by atoms with Gasteiger partial charge in [-0.3, -0.25) is 4.57 Å². The number of alkyl halides is 1. The third-order valence-corrected chi connectivity index (χ3v) is 3.07. The molecule has 0 spiro atoms. The van der Waals surface area contributed by atoms with Gasteiger partial charge in [-0.25, -0.2) is 0 Å². The summed E-state index contributed by atoms with van der Waals surface area (Å²) >= 11 is 3.26. The van der Waals surface area contributed by atoms with Gasteiger partial charge in [-0.2, -0.15) is 0 Å². The van der Waals surface area contributed by atoms with Gasteiger partial charge >= 0.3 is 0 Å². The first kappa shape index (κ1) is 11.1. The van der Waals surface area contributed by atoms with Crippen molar-refractivity contribution in [1.29, 1.82) is 0 Å². The number of hydrogen-bond acceptors (Lipinski definition) is 2. The molecule has 0 fully saturated rings. The van der Waals surface area contributed by atoms with Crippen LogP contribution in [0.4, 0.5) is 0 Å². The zero-order chi connectivity index (χ0) is 11.7. The molecule has 0 aliphatic heterocycles. The second-order valence-corrected chi connectivity index (χ2v) is 4.22. The first-order valence-electron chi connectivity index (χ1n) is 4.89. The van der Waals surface area contributed by atoms with Gasteiger partial charge < -0.3 is 10.2 Å². The third kappa shape index (κ3) is 1.80. The van der Waals surface area contributed by atoms with Crippen LogP contribution in [0.25, 0.3) is 5.69 Å². The van der Waals surface area contributed by atoms with Gasteiger partial charge in [0.25, 0.3) is 0 Å². The van der Waals surface area contributed by atoms with Crippen molar-refractivity contribution in [2.24, 2.45) is 0 Å². The lowest BCUT2D eigenvalue weighted by Gasteiger charge is -2.07. The molecule has 16 heavy (non-hydrogen) atoms. The standard InChI is InChI=1S/C12H12BrNO2/c1-8-2-4-10(5-3-8)14-11(15)6-9(7-13)12(14)16/h2-6,15-16H,7H2,1H3. The van der Waals surface area contributed by atoms with Crippen LogP contribution in [0.5, 0.6) is 11.8 Å². The Bertz CT molecular complexity index is 502. The molecule has 3 nitrogen and oxygen atoms in total. The van der Waals surface area contributed by atoms with E-state index in [1.165, 1.54) is 4.57 Å². The van der Waals surface area contributed by atoms with Gasteiger partial charge in [-0.05, 0) is 19.1 Å². The van der Waals surface area contributed by atoms with Gasteiger partial charge in [-0.15, -0.1) is 0 Å². The second kappa shape index (κ2) is 4.22. The number of rotatable bonds is 2. The summed E-state index contributed by atoms with van der Waals surface area (Å²) in [5.41, 5.74) is 2.54. The van der Waals surface area contributed by atoms with Gasteiger partial charge in [0, 0.05) is 17.0 Å². The number of benzene rings is 1. The van der Waals surface area contributed by atoms with Crippen molar-refractivity contribution in [3.05, 3.63) is 41.5 Å². The van der Waals surface area contributed by atoms with Crippen molar-refractivity contribution in [2.45, 2.75) is 12.3 Å². The van der Waals surface area contributed by atoms with E-state index in [2.05, 4.69) is 15.9 Å². The second-order valence-electron chi connectivity index (χ2n) is 3.66. The van der Waals surface area contributed by atoms with E-state index < -0.39 is 0 Å². The summed E-state index contributed by atoms with van der Waals surface area (Å²) in [6, 6.07) is 9.12. The fourth-order valence-corrected chi connectivity index (χ4v) is 2.00. The van der Waals surface area contributed by atoms with Crippen molar-refractivity contribution < 1.29 is 10.2 Å². The molecule has 2 aromatic rings. The Hall–Kier alpha value is -1.42. The fraction of sp³-hybridized carbons (Fsp3) is 0.167. The van der Waals surface area contributed by atoms with Crippen LogP contribution >= 0.6 is 15.9 Å². The van der Waals surface area contributed by atoms with Crippen LogP contribution in [0.15, 0.2) is 30.3 Å². The Morgan fingerprint density at radius 1 is 1.19 bits per heavy atom. The van der Waals surface area contributed by atoms with E-state index in [0.29, 0.717) is 10.9 Å². The molecule has 1 aromatic carbocycles. The summed E-state index contributed by atoms with van der Waals surface area (Å²) in [5.74, 6) is 0.106. The van der Waals surface area contributed by atoms with Gasteiger partial charge in [0.05, 0.1) is 5.69 Å². The molecular formula is C12H12BrNO2. The monoisotopic (exact) mass is 281 g/mol. The van der Waals surface area contributed by atoms with Crippen molar-refractivity contribution in [3.63, 3.8) is 0 Å². The van der Waals surface area contributed by atoms with Gasteiger partial charge in [0.2, 0.25) is 5.88 Å². The number of aryl methyl sites for hydroxylation is 1. The zero-order valence-electron chi connectivity index (χ0n) is 8.81. The average molecular weight is 282 g/mol. The normalized spacial score (nSPS) is 10.6. The molecule has 0 saturated heterocycles. The van der Waals surface area contributed by atoms with E-state index in [1.54, 1.807) is 6.07 Å². The molecule has 0 radical (unpaired) electrons. The lowest BCUT2D eigenvalue weighted by atomic mass is 10.2. The van der Waals surface area contributed by atoms with Crippen LogP contribution < -0.4 is 0 Å². The van der Waals surface area contributed by atoms with Crippen molar-refractivity contribution in [2.75, 3.05) is 0 Å². The molecule has 0 aliphatic rings. The largest absolute Gasteiger partial charge is 0.494 e. The Labute approximate surface area is 102 Å². The van der Waals surface area contributed by atoms with Crippen LogP contribution in [-0.2, 0) is 5.33 Å². The minimum atomic E-state index is 0.0378. The first-order valence-corrected chi connectivity index (χ1v) is 6.01. The summed E-state index contributed by atoms with van der Waals surface area (Å²) in [6.07, 6.45) is 0. The molecule has 2 rings (SSSR count). The number of nitrogens with zero attached hydrogens (tertiary/aromatic N) is 1. The lowest BCUT2D eigenvalue weighted by molar-refractivity contribution is 0.401. The molecule has 84 valence electrons. The van der Waals surface area contributed by atoms with Gasteiger partial charge in [0.15, 0.2) is 5.88 Å². The van der Waals surface area contributed by atoms with Crippen LogP contribution in [0.2, 0.25) is 0 Å². The van der Waals surface area contributed by atoms with Crippen molar-refractivity contribution in [3.8, 4) is 17.4 Å². The summed E-state index contributed by atoms with van der Waals surface area (Å²) in [7, 11) is 0. The summed E-state index contributed by atoms with van der Waals surface area (Å²) < 4.78 is 1.41. The maximum Gasteiger partial charge on any atom is 0.202 e. The van der Waals surface area contributed by atoms with Crippen LogP contribution in [-0.4, -0.2) is 14.8 Å². The highest BCUT2D eigenvalue weighted by atomic mass is 79.9. The van der Waals surface area contributed by atoms with Crippen LogP contribution in [0.1, 0.15) is 11.1 Å². The minimum Gasteiger partial charge on any atom is -0.494 e. The highest BCUT2D eigenvalue weighted by Gasteiger charge is 2.13. The maximum absolute atomic E-state index is 9.91. The molecule has 0 amide bonds. The number of halogens is 1. The first-order chi connectivity index (χ1) is 7.63. The zero-order valence-corrected chi connectivity index (χ0v) is 10.4. The number of aromatic hydroxyl groups is 2. The molecular weight excluding hydrogens is 270 g/mol. The molecule has 4 heteroatoms. The Balaban J connectivity index is 2.55. The Morgan fingerprint density at radius 3 is 2.31 bits per heavy atom. The van der Waals surface area contributed by atoms with Crippen molar-refractivity contribution >= 4 is 15.9 Å². The maximum atomic E-state index is 9.91. The SMILES string of the molecule is Cc1ccc(-n2c(O)cc(CBr)c2O)cc1. The molecule has 1 aromatic heterocycles. The van der Waals surface area contributed by atoms with Gasteiger partial charge in [-0.1, -0.05) is 33.6 Å². The van der Waals surface area contributed by atoms with Crippen LogP contribution in [0, 0.1) is 6.92 Å². The highest BCUT2D eigenvalue weighted by Crippen LogP contribution is 2.32. The lowest BCUT2D eigenvalue weighted by Crippen LogP contribution is -1.92. The van der Waals surface area contributed by atoms with E-state index in [-0.39, 0.29) is 11.8 Å². The topological polar surface area (TPSA) is 45.4 Å². The number of aromatic nitrogens is 1. The minimum absolute atomic E-state index is 0.0378. The smallest absolute Gasteiger partial charge is 0.202 e. The van der Waals surface area contributed by atoms with E-state index >= 15 is 0 Å².